The standard InChI is InChI=1S/C14H18N2O2/c1-15-8-9-18-13-5-4-11(10-12(13)14(15)17)16-6-2-3-7-16/h4-5,10H,2-3,6-9H2,1H3. The predicted molar refractivity (Wildman–Crippen MR) is 70.3 cm³/mol. The molecule has 1 fully saturated rings. The maximum Gasteiger partial charge on any atom is 0.257 e. The summed E-state index contributed by atoms with van der Waals surface area (Å²) in [5.74, 6) is 0.774. The van der Waals surface area contributed by atoms with Crippen molar-refractivity contribution < 1.29 is 9.53 Å². The summed E-state index contributed by atoms with van der Waals surface area (Å²) in [6, 6.07) is 5.97. The third-order valence-electron chi connectivity index (χ3n) is 3.70. The van der Waals surface area contributed by atoms with E-state index in [1.165, 1.54) is 12.8 Å². The molecule has 1 aromatic rings. The van der Waals surface area contributed by atoms with Gasteiger partial charge in [0.1, 0.15) is 12.4 Å². The van der Waals surface area contributed by atoms with Gasteiger partial charge in [-0.3, -0.25) is 4.79 Å². The van der Waals surface area contributed by atoms with E-state index >= 15 is 0 Å². The van der Waals surface area contributed by atoms with Crippen LogP contribution in [0.1, 0.15) is 23.2 Å². The van der Waals surface area contributed by atoms with E-state index in [9.17, 15) is 4.79 Å². The Labute approximate surface area is 107 Å². The number of amides is 1. The molecule has 0 unspecified atom stereocenters. The molecule has 2 aliphatic rings. The minimum atomic E-state index is 0.0588. The summed E-state index contributed by atoms with van der Waals surface area (Å²) < 4.78 is 5.63. The van der Waals surface area contributed by atoms with Gasteiger partial charge in [-0.1, -0.05) is 0 Å². The molecule has 3 rings (SSSR count). The van der Waals surface area contributed by atoms with Gasteiger partial charge >= 0.3 is 0 Å². The zero-order valence-electron chi connectivity index (χ0n) is 10.7. The number of carbonyl (C=O) groups excluding carboxylic acids is 1. The number of hydrogen-bond acceptors (Lipinski definition) is 3. The van der Waals surface area contributed by atoms with Crippen molar-refractivity contribution in [3.63, 3.8) is 0 Å². The molecule has 0 radical (unpaired) electrons. The van der Waals surface area contributed by atoms with E-state index in [2.05, 4.69) is 11.0 Å². The van der Waals surface area contributed by atoms with Gasteiger partial charge in [-0.15, -0.1) is 0 Å². The van der Waals surface area contributed by atoms with Gasteiger partial charge < -0.3 is 14.5 Å². The minimum Gasteiger partial charge on any atom is -0.491 e. The molecule has 1 aromatic carbocycles. The lowest BCUT2D eigenvalue weighted by atomic mass is 10.1. The first kappa shape index (κ1) is 11.4. The third-order valence-corrected chi connectivity index (χ3v) is 3.70. The maximum absolute atomic E-state index is 12.2. The van der Waals surface area contributed by atoms with E-state index < -0.39 is 0 Å². The first-order chi connectivity index (χ1) is 8.75. The summed E-state index contributed by atoms with van der Waals surface area (Å²) in [5, 5.41) is 0. The van der Waals surface area contributed by atoms with Crippen LogP contribution in [-0.4, -0.2) is 44.1 Å². The highest BCUT2D eigenvalue weighted by atomic mass is 16.5. The van der Waals surface area contributed by atoms with Crippen LogP contribution in [0.15, 0.2) is 18.2 Å². The number of anilines is 1. The minimum absolute atomic E-state index is 0.0588. The van der Waals surface area contributed by atoms with Crippen LogP contribution in [0.4, 0.5) is 5.69 Å². The van der Waals surface area contributed by atoms with Gasteiger partial charge in [-0.2, -0.15) is 0 Å². The van der Waals surface area contributed by atoms with Gasteiger partial charge in [0.15, 0.2) is 0 Å². The molecule has 0 saturated carbocycles. The first-order valence-corrected chi connectivity index (χ1v) is 6.53. The number of nitrogens with zero attached hydrogens (tertiary/aromatic N) is 2. The van der Waals surface area contributed by atoms with Crippen molar-refractivity contribution in [2.24, 2.45) is 0 Å². The van der Waals surface area contributed by atoms with Crippen LogP contribution in [0.25, 0.3) is 0 Å². The molecule has 18 heavy (non-hydrogen) atoms. The number of rotatable bonds is 1. The molecule has 0 aromatic heterocycles. The van der Waals surface area contributed by atoms with Crippen LogP contribution in [0, 0.1) is 0 Å². The van der Waals surface area contributed by atoms with Gasteiger partial charge in [0, 0.05) is 25.8 Å². The van der Waals surface area contributed by atoms with Crippen LogP contribution in [0.3, 0.4) is 0 Å². The smallest absolute Gasteiger partial charge is 0.257 e. The highest BCUT2D eigenvalue weighted by Gasteiger charge is 2.22. The van der Waals surface area contributed by atoms with Crippen LogP contribution < -0.4 is 9.64 Å². The number of benzene rings is 1. The van der Waals surface area contributed by atoms with Crippen molar-refractivity contribution in [1.29, 1.82) is 0 Å². The topological polar surface area (TPSA) is 32.8 Å². The van der Waals surface area contributed by atoms with Crippen molar-refractivity contribution in [3.8, 4) is 5.75 Å². The molecule has 1 saturated heterocycles. The number of likely N-dealkylation sites (N-methyl/N-ethyl adjacent to an activating group) is 1. The normalized spacial score (nSPS) is 19.5. The Hall–Kier alpha value is -1.71. The maximum atomic E-state index is 12.2. The summed E-state index contributed by atoms with van der Waals surface area (Å²) >= 11 is 0. The van der Waals surface area contributed by atoms with Crippen LogP contribution in [0.2, 0.25) is 0 Å². The van der Waals surface area contributed by atoms with Crippen molar-refractivity contribution in [3.05, 3.63) is 23.8 Å². The lowest BCUT2D eigenvalue weighted by molar-refractivity contribution is 0.0797. The van der Waals surface area contributed by atoms with Crippen molar-refractivity contribution in [2.45, 2.75) is 12.8 Å². The number of fused-ring (bicyclic) bond motifs is 1. The molecule has 0 bridgehead atoms. The Balaban J connectivity index is 1.97. The van der Waals surface area contributed by atoms with Gasteiger partial charge in [0.05, 0.1) is 12.1 Å². The fraction of sp³-hybridized carbons (Fsp3) is 0.500. The molecule has 96 valence electrons. The summed E-state index contributed by atoms with van der Waals surface area (Å²) in [5.41, 5.74) is 1.83. The first-order valence-electron chi connectivity index (χ1n) is 6.53. The van der Waals surface area contributed by atoms with Crippen LogP contribution in [0.5, 0.6) is 5.75 Å². The lowest BCUT2D eigenvalue weighted by Crippen LogP contribution is -2.28. The SMILES string of the molecule is CN1CCOc2ccc(N3CCCC3)cc2C1=O. The molecule has 4 nitrogen and oxygen atoms in total. The van der Waals surface area contributed by atoms with E-state index in [1.807, 2.05) is 19.2 Å². The van der Waals surface area contributed by atoms with Crippen LogP contribution in [-0.2, 0) is 0 Å². The molecule has 0 spiro atoms. The second-order valence-corrected chi connectivity index (χ2v) is 4.95. The van der Waals surface area contributed by atoms with E-state index in [0.29, 0.717) is 24.5 Å². The molecular weight excluding hydrogens is 228 g/mol. The highest BCUT2D eigenvalue weighted by molar-refractivity contribution is 5.98. The zero-order chi connectivity index (χ0) is 12.5. The molecule has 2 aliphatic heterocycles. The zero-order valence-corrected chi connectivity index (χ0v) is 10.7. The Morgan fingerprint density at radius 2 is 1.94 bits per heavy atom. The molecule has 0 aliphatic carbocycles. The largest absolute Gasteiger partial charge is 0.491 e. The van der Waals surface area contributed by atoms with Gasteiger partial charge in [0.25, 0.3) is 5.91 Å². The molecule has 0 atom stereocenters. The molecule has 4 heteroatoms. The van der Waals surface area contributed by atoms with Gasteiger partial charge in [-0.05, 0) is 31.0 Å². The van der Waals surface area contributed by atoms with E-state index in [4.69, 9.17) is 4.74 Å². The predicted octanol–water partition coefficient (Wildman–Crippen LogP) is 1.75. The quantitative estimate of drug-likeness (QED) is 0.757. The van der Waals surface area contributed by atoms with Gasteiger partial charge in [-0.25, -0.2) is 0 Å². The molecule has 2 heterocycles. The Morgan fingerprint density at radius 3 is 2.72 bits per heavy atom. The second kappa shape index (κ2) is 4.52. The van der Waals surface area contributed by atoms with E-state index in [-0.39, 0.29) is 5.91 Å². The van der Waals surface area contributed by atoms with Crippen molar-refractivity contribution >= 4 is 11.6 Å². The van der Waals surface area contributed by atoms with Crippen molar-refractivity contribution in [2.75, 3.05) is 38.2 Å². The summed E-state index contributed by atoms with van der Waals surface area (Å²) in [6.07, 6.45) is 2.48. The second-order valence-electron chi connectivity index (χ2n) is 4.95. The number of ether oxygens (including phenoxy) is 1. The fourth-order valence-electron chi connectivity index (χ4n) is 2.58. The monoisotopic (exact) mass is 246 g/mol. The number of hydrogen-bond donors (Lipinski definition) is 0. The summed E-state index contributed by atoms with van der Waals surface area (Å²) in [7, 11) is 1.82. The molecular formula is C14H18N2O2. The van der Waals surface area contributed by atoms with E-state index in [0.717, 1.165) is 18.8 Å². The van der Waals surface area contributed by atoms with Gasteiger partial charge in [0.2, 0.25) is 0 Å². The Kier molecular flexibility index (Phi) is 2.86. The average molecular weight is 246 g/mol. The molecule has 0 N–H and O–H groups in total. The van der Waals surface area contributed by atoms with Crippen molar-refractivity contribution in [1.82, 2.24) is 4.90 Å². The number of carbonyl (C=O) groups is 1. The average Bonchev–Trinajstić information content (AvgIpc) is 2.87. The fourth-order valence-corrected chi connectivity index (χ4v) is 2.58. The highest BCUT2D eigenvalue weighted by Crippen LogP contribution is 2.29. The third kappa shape index (κ3) is 1.92. The summed E-state index contributed by atoms with van der Waals surface area (Å²) in [6.45, 7) is 3.39. The molecule has 1 amide bonds. The Morgan fingerprint density at radius 1 is 1.17 bits per heavy atom. The Bertz CT molecular complexity index is 467. The van der Waals surface area contributed by atoms with Crippen LogP contribution >= 0.6 is 0 Å². The lowest BCUT2D eigenvalue weighted by Gasteiger charge is -2.19. The summed E-state index contributed by atoms with van der Waals surface area (Å²) in [4.78, 5) is 16.3. The van der Waals surface area contributed by atoms with E-state index in [1.54, 1.807) is 4.90 Å².